The molecule has 0 bridgehead atoms. The zero-order valence-electron chi connectivity index (χ0n) is 12.7. The average molecular weight is 306 g/mol. The minimum Gasteiger partial charge on any atom is -0.382 e. The van der Waals surface area contributed by atoms with E-state index in [0.29, 0.717) is 12.3 Å². The highest BCUT2D eigenvalue weighted by molar-refractivity contribution is 6.04. The van der Waals surface area contributed by atoms with Gasteiger partial charge in [-0.2, -0.15) is 0 Å². The molecule has 4 rings (SSSR count). The Labute approximate surface area is 135 Å². The van der Waals surface area contributed by atoms with Gasteiger partial charge in [0.1, 0.15) is 0 Å². The first-order chi connectivity index (χ1) is 11.3. The van der Waals surface area contributed by atoms with Crippen LogP contribution in [-0.2, 0) is 9.63 Å². The Bertz CT molecular complexity index is 728. The van der Waals surface area contributed by atoms with Gasteiger partial charge in [-0.1, -0.05) is 65.8 Å². The molecule has 0 spiro atoms. The SMILES string of the molecule is O=C(N[C@@H]1C[C@@H]1c1ccccc1)[C@@H]1CC(c2ccccc2)=NO1. The van der Waals surface area contributed by atoms with Crippen molar-refractivity contribution in [3.63, 3.8) is 0 Å². The fourth-order valence-electron chi connectivity index (χ4n) is 3.02. The number of nitrogens with one attached hydrogen (secondary N) is 1. The smallest absolute Gasteiger partial charge is 0.264 e. The zero-order chi connectivity index (χ0) is 15.6. The van der Waals surface area contributed by atoms with Crippen molar-refractivity contribution < 1.29 is 9.63 Å². The first-order valence-corrected chi connectivity index (χ1v) is 7.95. The minimum atomic E-state index is -0.512. The normalized spacial score (nSPS) is 25.4. The predicted molar refractivity (Wildman–Crippen MR) is 88.2 cm³/mol. The number of hydrogen-bond acceptors (Lipinski definition) is 3. The van der Waals surface area contributed by atoms with E-state index in [2.05, 4.69) is 22.6 Å². The number of carbonyl (C=O) groups excluding carboxylic acids is 1. The van der Waals surface area contributed by atoms with Gasteiger partial charge in [0, 0.05) is 18.4 Å². The summed E-state index contributed by atoms with van der Waals surface area (Å²) in [6.07, 6.45) is 1.01. The molecule has 0 aromatic heterocycles. The van der Waals surface area contributed by atoms with Gasteiger partial charge in [0.25, 0.3) is 5.91 Å². The highest BCUT2D eigenvalue weighted by atomic mass is 16.6. The number of nitrogens with zero attached hydrogens (tertiary/aromatic N) is 1. The maximum absolute atomic E-state index is 12.3. The molecule has 1 amide bonds. The van der Waals surface area contributed by atoms with Gasteiger partial charge in [-0.15, -0.1) is 0 Å². The molecular formula is C19H18N2O2. The summed E-state index contributed by atoms with van der Waals surface area (Å²) >= 11 is 0. The molecule has 2 aliphatic rings. The quantitative estimate of drug-likeness (QED) is 0.944. The van der Waals surface area contributed by atoms with E-state index in [0.717, 1.165) is 17.7 Å². The number of rotatable bonds is 4. The van der Waals surface area contributed by atoms with Crippen LogP contribution in [0.4, 0.5) is 0 Å². The second kappa shape index (κ2) is 5.88. The fourth-order valence-corrected chi connectivity index (χ4v) is 3.02. The monoisotopic (exact) mass is 306 g/mol. The lowest BCUT2D eigenvalue weighted by atomic mass is 10.0. The lowest BCUT2D eigenvalue weighted by Gasteiger charge is -2.09. The molecule has 0 unspecified atom stereocenters. The second-order valence-corrected chi connectivity index (χ2v) is 6.07. The van der Waals surface area contributed by atoms with Crippen molar-refractivity contribution in [1.82, 2.24) is 5.32 Å². The molecule has 23 heavy (non-hydrogen) atoms. The van der Waals surface area contributed by atoms with Crippen molar-refractivity contribution in [1.29, 1.82) is 0 Å². The predicted octanol–water partition coefficient (Wildman–Crippen LogP) is 2.85. The summed E-state index contributed by atoms with van der Waals surface area (Å²) in [4.78, 5) is 17.7. The summed E-state index contributed by atoms with van der Waals surface area (Å²) in [6, 6.07) is 20.4. The van der Waals surface area contributed by atoms with Crippen molar-refractivity contribution in [2.24, 2.45) is 5.16 Å². The third-order valence-corrected chi connectivity index (χ3v) is 4.41. The molecule has 2 aromatic rings. The van der Waals surface area contributed by atoms with Gasteiger partial charge in [-0.25, -0.2) is 0 Å². The van der Waals surface area contributed by atoms with Crippen LogP contribution in [0.3, 0.4) is 0 Å². The van der Waals surface area contributed by atoms with Crippen LogP contribution in [0, 0.1) is 0 Å². The summed E-state index contributed by atoms with van der Waals surface area (Å²) in [7, 11) is 0. The Morgan fingerprint density at radius 3 is 2.48 bits per heavy atom. The van der Waals surface area contributed by atoms with Crippen LogP contribution >= 0.6 is 0 Å². The Morgan fingerprint density at radius 2 is 1.74 bits per heavy atom. The maximum Gasteiger partial charge on any atom is 0.264 e. The third-order valence-electron chi connectivity index (χ3n) is 4.41. The van der Waals surface area contributed by atoms with Gasteiger partial charge in [0.2, 0.25) is 6.10 Å². The topological polar surface area (TPSA) is 50.7 Å². The van der Waals surface area contributed by atoms with Crippen LogP contribution in [0.1, 0.15) is 29.9 Å². The summed E-state index contributed by atoms with van der Waals surface area (Å²) in [5.41, 5.74) is 3.13. The minimum absolute atomic E-state index is 0.0666. The summed E-state index contributed by atoms with van der Waals surface area (Å²) in [6.45, 7) is 0. The molecule has 1 aliphatic heterocycles. The van der Waals surface area contributed by atoms with Gasteiger partial charge in [-0.05, 0) is 17.5 Å². The average Bonchev–Trinajstić information content (AvgIpc) is 3.19. The van der Waals surface area contributed by atoms with Crippen molar-refractivity contribution in [2.75, 3.05) is 0 Å². The van der Waals surface area contributed by atoms with Crippen molar-refractivity contribution in [2.45, 2.75) is 30.9 Å². The molecule has 1 aliphatic carbocycles. The molecule has 1 saturated carbocycles. The molecule has 0 radical (unpaired) electrons. The van der Waals surface area contributed by atoms with Gasteiger partial charge < -0.3 is 10.2 Å². The molecule has 1 heterocycles. The lowest BCUT2D eigenvalue weighted by Crippen LogP contribution is -2.36. The van der Waals surface area contributed by atoms with Crippen LogP contribution in [0.5, 0.6) is 0 Å². The molecule has 116 valence electrons. The highest BCUT2D eigenvalue weighted by Crippen LogP contribution is 2.40. The molecule has 1 fully saturated rings. The van der Waals surface area contributed by atoms with E-state index < -0.39 is 6.10 Å². The molecule has 4 heteroatoms. The van der Waals surface area contributed by atoms with E-state index >= 15 is 0 Å². The van der Waals surface area contributed by atoms with Gasteiger partial charge in [-0.3, -0.25) is 4.79 Å². The van der Waals surface area contributed by atoms with Gasteiger partial charge in [0.05, 0.1) is 5.71 Å². The van der Waals surface area contributed by atoms with Crippen molar-refractivity contribution in [3.05, 3.63) is 71.8 Å². The third kappa shape index (κ3) is 2.97. The van der Waals surface area contributed by atoms with Crippen LogP contribution < -0.4 is 5.32 Å². The van der Waals surface area contributed by atoms with Crippen molar-refractivity contribution in [3.8, 4) is 0 Å². The molecule has 0 saturated heterocycles. The van der Waals surface area contributed by atoms with Crippen molar-refractivity contribution >= 4 is 11.6 Å². The lowest BCUT2D eigenvalue weighted by molar-refractivity contribution is -0.131. The standard InChI is InChI=1S/C19H18N2O2/c22-19(20-17-11-15(17)13-7-3-1-4-8-13)18-12-16(21-23-18)14-9-5-2-6-10-14/h1-10,15,17-18H,11-12H2,(H,20,22)/t15-,17-,18+/m1/s1. The highest BCUT2D eigenvalue weighted by Gasteiger charge is 2.41. The van der Waals surface area contributed by atoms with E-state index in [9.17, 15) is 4.79 Å². The van der Waals surface area contributed by atoms with Crippen LogP contribution in [0.2, 0.25) is 0 Å². The van der Waals surface area contributed by atoms with Crippen LogP contribution in [-0.4, -0.2) is 23.8 Å². The summed E-state index contributed by atoms with van der Waals surface area (Å²) in [5, 5.41) is 7.15. The maximum atomic E-state index is 12.3. The number of carbonyl (C=O) groups is 1. The molecule has 4 nitrogen and oxygen atoms in total. The first kappa shape index (κ1) is 14.0. The number of amides is 1. The molecular weight excluding hydrogens is 288 g/mol. The van der Waals surface area contributed by atoms with Crippen LogP contribution in [0.15, 0.2) is 65.8 Å². The van der Waals surface area contributed by atoms with Crippen LogP contribution in [0.25, 0.3) is 0 Å². The van der Waals surface area contributed by atoms with E-state index in [1.54, 1.807) is 0 Å². The van der Waals surface area contributed by atoms with E-state index in [1.807, 2.05) is 48.5 Å². The molecule has 3 atom stereocenters. The molecule has 2 aromatic carbocycles. The first-order valence-electron chi connectivity index (χ1n) is 7.95. The Hall–Kier alpha value is -2.62. The summed E-state index contributed by atoms with van der Waals surface area (Å²) < 4.78 is 0. The van der Waals surface area contributed by atoms with Gasteiger partial charge >= 0.3 is 0 Å². The number of hydrogen-bond donors (Lipinski definition) is 1. The van der Waals surface area contributed by atoms with E-state index in [4.69, 9.17) is 4.84 Å². The number of benzene rings is 2. The summed E-state index contributed by atoms with van der Waals surface area (Å²) in [5.74, 6) is 0.360. The Balaban J connectivity index is 1.32. The Morgan fingerprint density at radius 1 is 1.04 bits per heavy atom. The Kier molecular flexibility index (Phi) is 3.58. The van der Waals surface area contributed by atoms with E-state index in [1.165, 1.54) is 5.56 Å². The van der Waals surface area contributed by atoms with Gasteiger partial charge in [0.15, 0.2) is 0 Å². The second-order valence-electron chi connectivity index (χ2n) is 6.07. The van der Waals surface area contributed by atoms with E-state index in [-0.39, 0.29) is 11.9 Å². The fraction of sp³-hybridized carbons (Fsp3) is 0.263. The zero-order valence-corrected chi connectivity index (χ0v) is 12.7. The molecule has 1 N–H and O–H groups in total. The largest absolute Gasteiger partial charge is 0.382 e. The number of oxime groups is 1.